The van der Waals surface area contributed by atoms with Crippen molar-refractivity contribution in [1.82, 2.24) is 9.80 Å². The predicted octanol–water partition coefficient (Wildman–Crippen LogP) is 0.412. The molecule has 0 aromatic rings. The van der Waals surface area contributed by atoms with E-state index in [-0.39, 0.29) is 0 Å². The zero-order valence-electron chi connectivity index (χ0n) is 8.32. The standard InChI is InChI=1S/C9H16N4/c1-3-8-6-13-5-4-12(2)7-9(13)11-10-8/h3-7H2,1-2H3. The van der Waals surface area contributed by atoms with Gasteiger partial charge in [0.25, 0.3) is 0 Å². The highest BCUT2D eigenvalue weighted by atomic mass is 15.4. The average molecular weight is 180 g/mol. The van der Waals surface area contributed by atoms with Crippen LogP contribution >= 0.6 is 0 Å². The van der Waals surface area contributed by atoms with Crippen molar-refractivity contribution in [2.45, 2.75) is 13.3 Å². The first kappa shape index (κ1) is 8.69. The van der Waals surface area contributed by atoms with E-state index in [0.29, 0.717) is 0 Å². The molecule has 4 nitrogen and oxygen atoms in total. The molecule has 0 N–H and O–H groups in total. The number of piperazine rings is 1. The summed E-state index contributed by atoms with van der Waals surface area (Å²) in [4.78, 5) is 4.62. The van der Waals surface area contributed by atoms with Crippen molar-refractivity contribution in [2.75, 3.05) is 33.2 Å². The first-order chi connectivity index (χ1) is 6.29. The number of nitrogens with zero attached hydrogens (tertiary/aromatic N) is 4. The van der Waals surface area contributed by atoms with E-state index in [1.54, 1.807) is 0 Å². The average Bonchev–Trinajstić information content (AvgIpc) is 2.17. The molecule has 1 saturated heterocycles. The fourth-order valence-corrected chi connectivity index (χ4v) is 1.67. The smallest absolute Gasteiger partial charge is 0.142 e. The summed E-state index contributed by atoms with van der Waals surface area (Å²) in [6.45, 7) is 6.30. The van der Waals surface area contributed by atoms with Crippen molar-refractivity contribution < 1.29 is 0 Å². The highest BCUT2D eigenvalue weighted by molar-refractivity contribution is 5.95. The summed E-state index contributed by atoms with van der Waals surface area (Å²) < 4.78 is 0. The molecule has 0 spiro atoms. The van der Waals surface area contributed by atoms with Crippen molar-refractivity contribution in [3.05, 3.63) is 0 Å². The summed E-state index contributed by atoms with van der Waals surface area (Å²) in [5.74, 6) is 1.13. The highest BCUT2D eigenvalue weighted by Gasteiger charge is 2.23. The normalized spacial score (nSPS) is 23.7. The van der Waals surface area contributed by atoms with Crippen molar-refractivity contribution >= 4 is 11.5 Å². The molecule has 2 aliphatic rings. The van der Waals surface area contributed by atoms with Crippen LogP contribution in [0.1, 0.15) is 13.3 Å². The fourth-order valence-electron chi connectivity index (χ4n) is 1.67. The molecule has 1 fully saturated rings. The van der Waals surface area contributed by atoms with Gasteiger partial charge >= 0.3 is 0 Å². The number of amidine groups is 1. The van der Waals surface area contributed by atoms with E-state index in [0.717, 1.165) is 38.4 Å². The quantitative estimate of drug-likeness (QED) is 0.585. The van der Waals surface area contributed by atoms with Crippen LogP contribution in [-0.2, 0) is 0 Å². The van der Waals surface area contributed by atoms with E-state index in [1.807, 2.05) is 0 Å². The van der Waals surface area contributed by atoms with Crippen molar-refractivity contribution in [3.63, 3.8) is 0 Å². The molecule has 2 heterocycles. The summed E-state index contributed by atoms with van der Waals surface area (Å²) in [5, 5.41) is 8.45. The number of likely N-dealkylation sites (N-methyl/N-ethyl adjacent to an activating group) is 1. The molecule has 13 heavy (non-hydrogen) atoms. The van der Waals surface area contributed by atoms with Crippen LogP contribution in [0.3, 0.4) is 0 Å². The van der Waals surface area contributed by atoms with Crippen molar-refractivity contribution in [1.29, 1.82) is 0 Å². The summed E-state index contributed by atoms with van der Waals surface area (Å²) in [6.07, 6.45) is 1.02. The molecule has 4 heteroatoms. The third-order valence-electron chi connectivity index (χ3n) is 2.62. The van der Waals surface area contributed by atoms with Crippen LogP contribution in [0.5, 0.6) is 0 Å². The Balaban J connectivity index is 2.11. The lowest BCUT2D eigenvalue weighted by Crippen LogP contribution is -2.51. The van der Waals surface area contributed by atoms with Gasteiger partial charge in [0, 0.05) is 13.1 Å². The van der Waals surface area contributed by atoms with E-state index >= 15 is 0 Å². The summed E-state index contributed by atoms with van der Waals surface area (Å²) in [6, 6.07) is 0. The van der Waals surface area contributed by atoms with Crippen LogP contribution < -0.4 is 0 Å². The largest absolute Gasteiger partial charge is 0.351 e. The fraction of sp³-hybridized carbons (Fsp3) is 0.778. The Morgan fingerprint density at radius 1 is 1.23 bits per heavy atom. The van der Waals surface area contributed by atoms with Gasteiger partial charge in [0.15, 0.2) is 0 Å². The monoisotopic (exact) mass is 180 g/mol. The molecule has 0 unspecified atom stereocenters. The van der Waals surface area contributed by atoms with Gasteiger partial charge in [-0.25, -0.2) is 0 Å². The second-order valence-corrected chi connectivity index (χ2v) is 3.70. The van der Waals surface area contributed by atoms with Gasteiger partial charge in [-0.2, -0.15) is 5.10 Å². The molecule has 0 aromatic carbocycles. The SMILES string of the molecule is CCC1=NN=C2CN(C)CCN2C1. The molecular weight excluding hydrogens is 164 g/mol. The minimum absolute atomic E-state index is 0.945. The Morgan fingerprint density at radius 3 is 2.85 bits per heavy atom. The predicted molar refractivity (Wildman–Crippen MR) is 54.2 cm³/mol. The van der Waals surface area contributed by atoms with Crippen LogP contribution in [0, 0.1) is 0 Å². The second-order valence-electron chi connectivity index (χ2n) is 3.70. The zero-order valence-corrected chi connectivity index (χ0v) is 8.32. The van der Waals surface area contributed by atoms with Gasteiger partial charge in [-0.05, 0) is 13.5 Å². The highest BCUT2D eigenvalue weighted by Crippen LogP contribution is 2.08. The minimum Gasteiger partial charge on any atom is -0.351 e. The molecule has 0 atom stereocenters. The van der Waals surface area contributed by atoms with E-state index < -0.39 is 0 Å². The number of hydrogen-bond acceptors (Lipinski definition) is 4. The number of hydrogen-bond donors (Lipinski definition) is 0. The Hall–Kier alpha value is -0.900. The first-order valence-corrected chi connectivity index (χ1v) is 4.85. The molecule has 0 amide bonds. The summed E-state index contributed by atoms with van der Waals surface area (Å²) in [5.41, 5.74) is 1.20. The Labute approximate surface area is 78.9 Å². The van der Waals surface area contributed by atoms with Crippen molar-refractivity contribution in [2.24, 2.45) is 10.2 Å². The minimum atomic E-state index is 0.945. The summed E-state index contributed by atoms with van der Waals surface area (Å²) >= 11 is 0. The topological polar surface area (TPSA) is 31.2 Å². The molecule has 0 aliphatic carbocycles. The molecule has 0 saturated carbocycles. The van der Waals surface area contributed by atoms with Crippen LogP contribution in [0.25, 0.3) is 0 Å². The molecule has 72 valence electrons. The molecule has 2 rings (SSSR count). The maximum absolute atomic E-state index is 4.24. The van der Waals surface area contributed by atoms with Crippen LogP contribution in [-0.4, -0.2) is 54.6 Å². The van der Waals surface area contributed by atoms with E-state index in [4.69, 9.17) is 0 Å². The van der Waals surface area contributed by atoms with Crippen LogP contribution in [0.4, 0.5) is 0 Å². The number of rotatable bonds is 1. The summed E-state index contributed by atoms with van der Waals surface area (Å²) in [7, 11) is 2.12. The number of fused-ring (bicyclic) bond motifs is 1. The van der Waals surface area contributed by atoms with Crippen LogP contribution in [0.15, 0.2) is 10.2 Å². The van der Waals surface area contributed by atoms with Crippen LogP contribution in [0.2, 0.25) is 0 Å². The van der Waals surface area contributed by atoms with Gasteiger partial charge in [0.2, 0.25) is 0 Å². The molecule has 0 aromatic heterocycles. The van der Waals surface area contributed by atoms with E-state index in [2.05, 4.69) is 34.0 Å². The maximum Gasteiger partial charge on any atom is 0.142 e. The molecule has 0 radical (unpaired) electrons. The lowest BCUT2D eigenvalue weighted by atomic mass is 10.2. The van der Waals surface area contributed by atoms with Crippen molar-refractivity contribution in [3.8, 4) is 0 Å². The second kappa shape index (κ2) is 3.46. The van der Waals surface area contributed by atoms with E-state index in [9.17, 15) is 0 Å². The van der Waals surface area contributed by atoms with Gasteiger partial charge in [-0.1, -0.05) is 6.92 Å². The molecular formula is C9H16N4. The van der Waals surface area contributed by atoms with Gasteiger partial charge in [0.05, 0.1) is 18.8 Å². The first-order valence-electron chi connectivity index (χ1n) is 4.85. The Bertz CT molecular complexity index is 256. The molecule has 0 bridgehead atoms. The van der Waals surface area contributed by atoms with Gasteiger partial charge in [-0.15, -0.1) is 5.10 Å². The van der Waals surface area contributed by atoms with Gasteiger partial charge in [-0.3, -0.25) is 4.90 Å². The van der Waals surface area contributed by atoms with E-state index in [1.165, 1.54) is 5.71 Å². The Morgan fingerprint density at radius 2 is 2.08 bits per heavy atom. The molecule has 2 aliphatic heterocycles. The third-order valence-corrected chi connectivity index (χ3v) is 2.62. The Kier molecular flexibility index (Phi) is 2.31. The third kappa shape index (κ3) is 1.72. The maximum atomic E-state index is 4.24. The lowest BCUT2D eigenvalue weighted by Gasteiger charge is -2.36. The van der Waals surface area contributed by atoms with Gasteiger partial charge in [0.1, 0.15) is 5.84 Å². The zero-order chi connectivity index (χ0) is 9.26. The lowest BCUT2D eigenvalue weighted by molar-refractivity contribution is 0.276. The van der Waals surface area contributed by atoms with Gasteiger partial charge < -0.3 is 4.90 Å².